The topological polar surface area (TPSA) is 24.9 Å². The monoisotopic (exact) mass is 370 g/mol. The Morgan fingerprint density at radius 2 is 2.14 bits per heavy atom. The number of nitrogens with one attached hydrogen (secondary N) is 1. The number of aromatic nitrogens is 1. The van der Waals surface area contributed by atoms with Crippen LogP contribution in [0, 0.1) is 5.82 Å². The van der Waals surface area contributed by atoms with E-state index in [4.69, 9.17) is 11.6 Å². The second kappa shape index (κ2) is 7.87. The lowest BCUT2D eigenvalue weighted by atomic mass is 9.99. The van der Waals surface area contributed by atoms with E-state index in [0.29, 0.717) is 0 Å². The number of hydrogen-bond donors (Lipinski definition) is 1. The second-order valence-electron chi connectivity index (χ2n) is 4.90. The van der Waals surface area contributed by atoms with Gasteiger partial charge in [0, 0.05) is 22.9 Å². The molecule has 1 unspecified atom stereocenters. The molecule has 0 aliphatic rings. The third-order valence-corrected chi connectivity index (χ3v) is 3.93. The zero-order chi connectivity index (χ0) is 15.2. The van der Waals surface area contributed by atoms with Crippen LogP contribution in [0.1, 0.15) is 30.5 Å². The molecular weight excluding hydrogens is 355 g/mol. The lowest BCUT2D eigenvalue weighted by Gasteiger charge is -2.19. The van der Waals surface area contributed by atoms with Gasteiger partial charge in [-0.3, -0.25) is 4.98 Å². The number of rotatable bonds is 6. The van der Waals surface area contributed by atoms with Gasteiger partial charge in [-0.15, -0.1) is 0 Å². The smallest absolute Gasteiger partial charge is 0.142 e. The highest BCUT2D eigenvalue weighted by Crippen LogP contribution is 2.24. The molecule has 1 aromatic heterocycles. The van der Waals surface area contributed by atoms with Crippen LogP contribution in [0.2, 0.25) is 5.02 Å². The number of nitrogens with zero attached hydrogens (tertiary/aromatic N) is 1. The molecule has 0 bridgehead atoms. The van der Waals surface area contributed by atoms with E-state index < -0.39 is 0 Å². The van der Waals surface area contributed by atoms with Gasteiger partial charge < -0.3 is 5.32 Å². The predicted molar refractivity (Wildman–Crippen MR) is 88.1 cm³/mol. The van der Waals surface area contributed by atoms with E-state index >= 15 is 0 Å². The zero-order valence-corrected chi connectivity index (χ0v) is 14.1. The fourth-order valence-corrected chi connectivity index (χ4v) is 2.69. The summed E-state index contributed by atoms with van der Waals surface area (Å²) in [6, 6.07) is 7.03. The predicted octanol–water partition coefficient (Wildman–Crippen LogP) is 4.92. The van der Waals surface area contributed by atoms with Crippen molar-refractivity contribution in [3.8, 4) is 0 Å². The van der Waals surface area contributed by atoms with Crippen LogP contribution >= 0.6 is 27.5 Å². The molecule has 112 valence electrons. The molecule has 1 aromatic carbocycles. The van der Waals surface area contributed by atoms with Crippen molar-refractivity contribution in [3.05, 3.63) is 63.1 Å². The van der Waals surface area contributed by atoms with Crippen LogP contribution in [-0.2, 0) is 6.42 Å². The molecule has 0 aliphatic carbocycles. The van der Waals surface area contributed by atoms with Gasteiger partial charge in [-0.2, -0.15) is 0 Å². The summed E-state index contributed by atoms with van der Waals surface area (Å²) in [6.45, 7) is 2.98. The average Bonchev–Trinajstić information content (AvgIpc) is 2.46. The molecule has 1 atom stereocenters. The minimum Gasteiger partial charge on any atom is -0.310 e. The Balaban J connectivity index is 2.22. The first-order valence-corrected chi connectivity index (χ1v) is 8.05. The van der Waals surface area contributed by atoms with Gasteiger partial charge in [-0.05, 0) is 64.6 Å². The Hall–Kier alpha value is -0.970. The molecular formula is C16H17BrClFN2. The highest BCUT2D eigenvalue weighted by Gasteiger charge is 2.14. The summed E-state index contributed by atoms with van der Waals surface area (Å²) in [6.07, 6.45) is 5.34. The minimum absolute atomic E-state index is 0.0350. The van der Waals surface area contributed by atoms with Gasteiger partial charge >= 0.3 is 0 Å². The summed E-state index contributed by atoms with van der Waals surface area (Å²) in [5, 5.41) is 3.60. The third-order valence-electron chi connectivity index (χ3n) is 3.19. The molecule has 0 fully saturated rings. The lowest BCUT2D eigenvalue weighted by molar-refractivity contribution is 0.523. The van der Waals surface area contributed by atoms with E-state index in [1.807, 2.05) is 18.3 Å². The summed E-state index contributed by atoms with van der Waals surface area (Å²) < 4.78 is 14.6. The molecule has 0 radical (unpaired) electrons. The molecule has 2 rings (SSSR count). The minimum atomic E-state index is -0.384. The van der Waals surface area contributed by atoms with E-state index in [1.165, 1.54) is 6.07 Å². The van der Waals surface area contributed by atoms with Crippen molar-refractivity contribution in [1.82, 2.24) is 10.3 Å². The Kier molecular flexibility index (Phi) is 6.15. The summed E-state index contributed by atoms with van der Waals surface area (Å²) in [7, 11) is 0. The van der Waals surface area contributed by atoms with Crippen molar-refractivity contribution in [3.63, 3.8) is 0 Å². The molecule has 1 N–H and O–H groups in total. The molecule has 0 amide bonds. The summed E-state index contributed by atoms with van der Waals surface area (Å²) in [4.78, 5) is 4.17. The number of benzene rings is 1. The molecule has 0 aliphatic heterocycles. The largest absolute Gasteiger partial charge is 0.310 e. The number of hydrogen-bond acceptors (Lipinski definition) is 2. The molecule has 5 heteroatoms. The average molecular weight is 372 g/mol. The third kappa shape index (κ3) is 4.77. The Labute approximate surface area is 137 Å². The molecule has 1 heterocycles. The highest BCUT2D eigenvalue weighted by molar-refractivity contribution is 9.10. The first-order valence-electron chi connectivity index (χ1n) is 6.88. The molecule has 0 saturated carbocycles. The van der Waals surface area contributed by atoms with Crippen LogP contribution in [0.5, 0.6) is 0 Å². The highest BCUT2D eigenvalue weighted by atomic mass is 79.9. The van der Waals surface area contributed by atoms with Crippen LogP contribution in [0.25, 0.3) is 0 Å². The Morgan fingerprint density at radius 1 is 1.33 bits per heavy atom. The van der Waals surface area contributed by atoms with E-state index in [1.54, 1.807) is 12.3 Å². The van der Waals surface area contributed by atoms with E-state index in [2.05, 4.69) is 33.2 Å². The molecule has 21 heavy (non-hydrogen) atoms. The lowest BCUT2D eigenvalue weighted by Crippen LogP contribution is -2.24. The van der Waals surface area contributed by atoms with Crippen LogP contribution in [-0.4, -0.2) is 11.5 Å². The fourth-order valence-electron chi connectivity index (χ4n) is 2.16. The first-order chi connectivity index (χ1) is 10.1. The van der Waals surface area contributed by atoms with Crippen molar-refractivity contribution in [2.75, 3.05) is 6.54 Å². The van der Waals surface area contributed by atoms with Gasteiger partial charge in [0.15, 0.2) is 0 Å². The summed E-state index contributed by atoms with van der Waals surface area (Å²) >= 11 is 9.18. The van der Waals surface area contributed by atoms with Gasteiger partial charge in [0.05, 0.1) is 5.02 Å². The maximum absolute atomic E-state index is 13.7. The maximum Gasteiger partial charge on any atom is 0.142 e. The number of halogens is 3. The molecule has 2 aromatic rings. The van der Waals surface area contributed by atoms with Crippen molar-refractivity contribution in [1.29, 1.82) is 0 Å². The summed E-state index contributed by atoms with van der Waals surface area (Å²) in [5.41, 5.74) is 1.98. The summed E-state index contributed by atoms with van der Waals surface area (Å²) in [5.74, 6) is -0.384. The Bertz CT molecular complexity index is 607. The molecule has 2 nitrogen and oxygen atoms in total. The van der Waals surface area contributed by atoms with Gasteiger partial charge in [0.25, 0.3) is 0 Å². The van der Waals surface area contributed by atoms with Crippen molar-refractivity contribution in [2.24, 2.45) is 0 Å². The van der Waals surface area contributed by atoms with E-state index in [-0.39, 0.29) is 16.9 Å². The van der Waals surface area contributed by atoms with Crippen LogP contribution in [0.4, 0.5) is 4.39 Å². The normalized spacial score (nSPS) is 12.4. The van der Waals surface area contributed by atoms with E-state index in [9.17, 15) is 4.39 Å². The number of pyridine rings is 1. The second-order valence-corrected chi connectivity index (χ2v) is 6.22. The SMILES string of the molecule is CCCNC(Cc1cncc(Br)c1)c1ccc(Cl)c(F)c1. The first kappa shape index (κ1) is 16.4. The van der Waals surface area contributed by atoms with Crippen LogP contribution in [0.15, 0.2) is 41.1 Å². The van der Waals surface area contributed by atoms with E-state index in [0.717, 1.165) is 35.0 Å². The zero-order valence-electron chi connectivity index (χ0n) is 11.7. The molecule has 0 spiro atoms. The van der Waals surface area contributed by atoms with Crippen molar-refractivity contribution in [2.45, 2.75) is 25.8 Å². The maximum atomic E-state index is 13.7. The standard InChI is InChI=1S/C16H17BrClFN2/c1-2-5-21-16(7-11-6-13(17)10-20-9-11)12-3-4-14(18)15(19)8-12/h3-4,6,8-10,16,21H,2,5,7H2,1H3. The van der Waals surface area contributed by atoms with Crippen LogP contribution in [0.3, 0.4) is 0 Å². The Morgan fingerprint density at radius 3 is 2.81 bits per heavy atom. The van der Waals surface area contributed by atoms with Gasteiger partial charge in [-0.1, -0.05) is 24.6 Å². The fraction of sp³-hybridized carbons (Fsp3) is 0.312. The van der Waals surface area contributed by atoms with Crippen molar-refractivity contribution < 1.29 is 4.39 Å². The van der Waals surface area contributed by atoms with Gasteiger partial charge in [-0.25, -0.2) is 4.39 Å². The van der Waals surface area contributed by atoms with Gasteiger partial charge in [0.1, 0.15) is 5.82 Å². The quantitative estimate of drug-likeness (QED) is 0.779. The van der Waals surface area contributed by atoms with Crippen molar-refractivity contribution >= 4 is 27.5 Å². The molecule has 0 saturated heterocycles. The van der Waals surface area contributed by atoms with Gasteiger partial charge in [0.2, 0.25) is 0 Å². The van der Waals surface area contributed by atoms with Crippen LogP contribution < -0.4 is 5.32 Å².